The molecule has 1 aliphatic rings. The first kappa shape index (κ1) is 19.3. The average Bonchev–Trinajstić information content (AvgIpc) is 2.73. The van der Waals surface area contributed by atoms with Crippen molar-refractivity contribution >= 4 is 22.3 Å². The van der Waals surface area contributed by atoms with E-state index >= 15 is 0 Å². The van der Waals surface area contributed by atoms with Gasteiger partial charge in [0.05, 0.1) is 4.92 Å². The Hall–Kier alpha value is -3.06. The molecule has 0 radical (unpaired) electrons. The lowest BCUT2D eigenvalue weighted by Crippen LogP contribution is -2.47. The number of nitro benzene ring substituents is 1. The number of anilines is 1. The van der Waals surface area contributed by atoms with Gasteiger partial charge in [-0.1, -0.05) is 12.1 Å². The first-order valence-electron chi connectivity index (χ1n) is 9.78. The Balaban J connectivity index is 1.40. The lowest BCUT2D eigenvalue weighted by Gasteiger charge is -2.36. The molecular formula is C22H23FN4O2. The number of non-ortho nitro benzene ring substituents is 1. The van der Waals surface area contributed by atoms with E-state index in [1.165, 1.54) is 12.1 Å². The molecule has 0 amide bonds. The number of nitrogens with zero attached hydrogens (tertiary/aromatic N) is 4. The summed E-state index contributed by atoms with van der Waals surface area (Å²) in [5.41, 5.74) is 3.37. The van der Waals surface area contributed by atoms with Crippen LogP contribution in [0.15, 0.2) is 48.5 Å². The van der Waals surface area contributed by atoms with Crippen LogP contribution in [-0.2, 0) is 6.42 Å². The van der Waals surface area contributed by atoms with Crippen LogP contribution in [0.4, 0.5) is 15.8 Å². The van der Waals surface area contributed by atoms with Crippen LogP contribution in [0, 0.1) is 22.9 Å². The second kappa shape index (κ2) is 8.13. The van der Waals surface area contributed by atoms with E-state index in [-0.39, 0.29) is 16.4 Å². The highest BCUT2D eigenvalue weighted by molar-refractivity contribution is 5.92. The van der Waals surface area contributed by atoms with Crippen LogP contribution in [0.5, 0.6) is 0 Å². The van der Waals surface area contributed by atoms with Gasteiger partial charge in [0.15, 0.2) is 0 Å². The molecule has 1 saturated heterocycles. The second-order valence-electron chi connectivity index (χ2n) is 7.42. The van der Waals surface area contributed by atoms with Gasteiger partial charge in [-0.25, -0.2) is 9.37 Å². The Bertz CT molecular complexity index is 1050. The van der Waals surface area contributed by atoms with Gasteiger partial charge >= 0.3 is 0 Å². The molecule has 0 aliphatic carbocycles. The number of pyridine rings is 1. The first-order chi connectivity index (χ1) is 14.0. The molecule has 3 aromatic rings. The summed E-state index contributed by atoms with van der Waals surface area (Å²) in [5, 5.41) is 11.8. The van der Waals surface area contributed by atoms with Gasteiger partial charge in [0.1, 0.15) is 11.3 Å². The van der Waals surface area contributed by atoms with Crippen LogP contribution in [0.1, 0.15) is 11.3 Å². The number of halogens is 1. The van der Waals surface area contributed by atoms with Gasteiger partial charge in [-0.05, 0) is 43.2 Å². The van der Waals surface area contributed by atoms with Crippen molar-refractivity contribution in [2.75, 3.05) is 37.6 Å². The maximum atomic E-state index is 14.2. The molecule has 7 heteroatoms. The zero-order chi connectivity index (χ0) is 20.4. The summed E-state index contributed by atoms with van der Waals surface area (Å²) in [7, 11) is 0. The van der Waals surface area contributed by atoms with Crippen LogP contribution in [0.3, 0.4) is 0 Å². The number of rotatable bonds is 5. The van der Waals surface area contributed by atoms with Gasteiger partial charge in [0, 0.05) is 61.6 Å². The monoisotopic (exact) mass is 394 g/mol. The summed E-state index contributed by atoms with van der Waals surface area (Å²) in [4.78, 5) is 19.6. The molecule has 0 spiro atoms. The number of hydrogen-bond donors (Lipinski definition) is 0. The van der Waals surface area contributed by atoms with E-state index in [0.29, 0.717) is 5.52 Å². The van der Waals surface area contributed by atoms with Gasteiger partial charge in [0.2, 0.25) is 0 Å². The molecule has 2 heterocycles. The van der Waals surface area contributed by atoms with E-state index in [2.05, 4.69) is 14.8 Å². The topological polar surface area (TPSA) is 62.5 Å². The number of hydrogen-bond acceptors (Lipinski definition) is 5. The van der Waals surface area contributed by atoms with Crippen molar-refractivity contribution in [1.82, 2.24) is 9.88 Å². The Morgan fingerprint density at radius 1 is 1.10 bits per heavy atom. The van der Waals surface area contributed by atoms with Crippen LogP contribution in [0.25, 0.3) is 10.9 Å². The molecule has 1 fully saturated rings. The third kappa shape index (κ3) is 4.19. The molecule has 0 saturated carbocycles. The minimum Gasteiger partial charge on any atom is -0.368 e. The molecule has 0 unspecified atom stereocenters. The maximum Gasteiger partial charge on any atom is 0.269 e. The number of nitro groups is 1. The predicted molar refractivity (Wildman–Crippen MR) is 112 cm³/mol. The highest BCUT2D eigenvalue weighted by Crippen LogP contribution is 2.29. The van der Waals surface area contributed by atoms with E-state index in [1.54, 1.807) is 12.1 Å². The van der Waals surface area contributed by atoms with Gasteiger partial charge in [-0.2, -0.15) is 0 Å². The van der Waals surface area contributed by atoms with E-state index < -0.39 is 0 Å². The summed E-state index contributed by atoms with van der Waals surface area (Å²) in [6.45, 7) is 6.22. The van der Waals surface area contributed by atoms with Gasteiger partial charge in [-0.3, -0.25) is 15.0 Å². The number of benzene rings is 2. The average molecular weight is 394 g/mol. The lowest BCUT2D eigenvalue weighted by atomic mass is 10.1. The Morgan fingerprint density at radius 3 is 2.66 bits per heavy atom. The van der Waals surface area contributed by atoms with Crippen LogP contribution in [-0.4, -0.2) is 47.5 Å². The molecule has 1 aromatic heterocycles. The molecule has 2 aromatic carbocycles. The zero-order valence-corrected chi connectivity index (χ0v) is 16.3. The van der Waals surface area contributed by atoms with Crippen molar-refractivity contribution in [3.05, 3.63) is 75.7 Å². The highest BCUT2D eigenvalue weighted by atomic mass is 19.1. The molecular weight excluding hydrogens is 371 g/mol. The van der Waals surface area contributed by atoms with Crippen molar-refractivity contribution in [3.8, 4) is 0 Å². The summed E-state index contributed by atoms with van der Waals surface area (Å²) < 4.78 is 14.2. The second-order valence-corrected chi connectivity index (χ2v) is 7.42. The van der Waals surface area contributed by atoms with Crippen LogP contribution < -0.4 is 4.90 Å². The summed E-state index contributed by atoms with van der Waals surface area (Å²) in [6.07, 6.45) is 0.782. The minimum absolute atomic E-state index is 0.138. The largest absolute Gasteiger partial charge is 0.368 e. The van der Waals surface area contributed by atoms with Crippen molar-refractivity contribution in [1.29, 1.82) is 0 Å². The van der Waals surface area contributed by atoms with E-state index in [0.717, 1.165) is 61.5 Å². The number of piperazine rings is 1. The summed E-state index contributed by atoms with van der Waals surface area (Å²) in [5.74, 6) is -0.289. The van der Waals surface area contributed by atoms with E-state index in [1.807, 2.05) is 31.2 Å². The normalized spacial score (nSPS) is 15.0. The lowest BCUT2D eigenvalue weighted by molar-refractivity contribution is -0.384. The molecule has 0 N–H and O–H groups in total. The molecule has 0 bridgehead atoms. The molecule has 29 heavy (non-hydrogen) atoms. The Morgan fingerprint density at radius 2 is 1.90 bits per heavy atom. The molecule has 150 valence electrons. The zero-order valence-electron chi connectivity index (χ0n) is 16.3. The fraction of sp³-hybridized carbons (Fsp3) is 0.318. The quantitative estimate of drug-likeness (QED) is 0.484. The number of fused-ring (bicyclic) bond motifs is 1. The third-order valence-corrected chi connectivity index (χ3v) is 5.48. The predicted octanol–water partition coefficient (Wildman–Crippen LogP) is 3.96. The van der Waals surface area contributed by atoms with Crippen LogP contribution >= 0.6 is 0 Å². The van der Waals surface area contributed by atoms with Crippen LogP contribution in [0.2, 0.25) is 0 Å². The highest BCUT2D eigenvalue weighted by Gasteiger charge is 2.20. The smallest absolute Gasteiger partial charge is 0.269 e. The van der Waals surface area contributed by atoms with Gasteiger partial charge < -0.3 is 4.90 Å². The third-order valence-electron chi connectivity index (χ3n) is 5.48. The van der Waals surface area contributed by atoms with Gasteiger partial charge in [0.25, 0.3) is 5.69 Å². The van der Waals surface area contributed by atoms with Crippen molar-refractivity contribution < 1.29 is 9.31 Å². The summed E-state index contributed by atoms with van der Waals surface area (Å²) >= 11 is 0. The SMILES string of the molecule is Cc1ccc2c(N3CCN(CCc4cccc([N+](=O)[O-])c4)CC3)ccc(F)c2n1. The molecule has 1 aliphatic heterocycles. The first-order valence-corrected chi connectivity index (χ1v) is 9.78. The van der Waals surface area contributed by atoms with Crippen molar-refractivity contribution in [2.24, 2.45) is 0 Å². The minimum atomic E-state index is -0.356. The molecule has 4 rings (SSSR count). The van der Waals surface area contributed by atoms with Crippen molar-refractivity contribution in [2.45, 2.75) is 13.3 Å². The number of aromatic nitrogens is 1. The fourth-order valence-electron chi connectivity index (χ4n) is 3.87. The fourth-order valence-corrected chi connectivity index (χ4v) is 3.87. The van der Waals surface area contributed by atoms with E-state index in [4.69, 9.17) is 0 Å². The number of aryl methyl sites for hydroxylation is 1. The Labute approximate surface area is 168 Å². The van der Waals surface area contributed by atoms with Gasteiger partial charge in [-0.15, -0.1) is 0 Å². The molecule has 6 nitrogen and oxygen atoms in total. The Kier molecular flexibility index (Phi) is 5.40. The summed E-state index contributed by atoms with van der Waals surface area (Å²) in [6, 6.07) is 14.0. The standard InChI is InChI=1S/C22H23FN4O2/c1-16-5-6-19-21(8-7-20(23)22(19)24-16)26-13-11-25(12-14-26)10-9-17-3-2-4-18(15-17)27(28)29/h2-8,15H,9-14H2,1H3. The van der Waals surface area contributed by atoms with Crippen molar-refractivity contribution in [3.63, 3.8) is 0 Å². The molecule has 0 atom stereocenters. The van der Waals surface area contributed by atoms with E-state index in [9.17, 15) is 14.5 Å². The maximum absolute atomic E-state index is 14.2.